The maximum absolute atomic E-state index is 12.3. The molecule has 0 saturated carbocycles. The van der Waals surface area contributed by atoms with Gasteiger partial charge in [-0.15, -0.1) is 0 Å². The molecule has 1 atom stereocenters. The van der Waals surface area contributed by atoms with E-state index in [1.807, 2.05) is 11.8 Å². The minimum atomic E-state index is -0.0840. The van der Waals surface area contributed by atoms with Crippen LogP contribution in [0.2, 0.25) is 0 Å². The number of likely N-dealkylation sites (tertiary alicyclic amines) is 1. The molecule has 0 bridgehead atoms. The summed E-state index contributed by atoms with van der Waals surface area (Å²) >= 11 is 0. The Labute approximate surface area is 121 Å². The van der Waals surface area contributed by atoms with E-state index in [4.69, 9.17) is 0 Å². The predicted molar refractivity (Wildman–Crippen MR) is 77.5 cm³/mol. The smallest absolute Gasteiger partial charge is 0.318 e. The Bertz CT molecular complexity index is 361. The first-order valence-corrected chi connectivity index (χ1v) is 7.69. The standard InChI is InChI=1S/C14H26N4O2/c1-3-16-9-6-12(10-16)15-14(20)18-8-5-7-17(4-2)13(19)11-18/h12H,3-11H2,1-2H3,(H,15,20). The van der Waals surface area contributed by atoms with Gasteiger partial charge in [0.25, 0.3) is 0 Å². The number of carbonyl (C=O) groups is 2. The van der Waals surface area contributed by atoms with E-state index < -0.39 is 0 Å². The van der Waals surface area contributed by atoms with Crippen LogP contribution < -0.4 is 5.32 Å². The molecule has 0 aromatic heterocycles. The van der Waals surface area contributed by atoms with Crippen LogP contribution in [0.4, 0.5) is 4.79 Å². The summed E-state index contributed by atoms with van der Waals surface area (Å²) in [5, 5.41) is 3.07. The van der Waals surface area contributed by atoms with Crippen molar-refractivity contribution < 1.29 is 9.59 Å². The summed E-state index contributed by atoms with van der Waals surface area (Å²) in [4.78, 5) is 30.1. The molecule has 2 saturated heterocycles. The highest BCUT2D eigenvalue weighted by Gasteiger charge is 2.27. The predicted octanol–water partition coefficient (Wildman–Crippen LogP) is 0.344. The van der Waals surface area contributed by atoms with E-state index in [9.17, 15) is 9.59 Å². The van der Waals surface area contributed by atoms with Crippen molar-refractivity contribution in [2.45, 2.75) is 32.7 Å². The van der Waals surface area contributed by atoms with Crippen LogP contribution in [0.1, 0.15) is 26.7 Å². The molecule has 2 rings (SSSR count). The number of likely N-dealkylation sites (N-methyl/N-ethyl adjacent to an activating group) is 2. The van der Waals surface area contributed by atoms with Gasteiger partial charge < -0.3 is 20.0 Å². The number of hydrogen-bond donors (Lipinski definition) is 1. The maximum Gasteiger partial charge on any atom is 0.318 e. The lowest BCUT2D eigenvalue weighted by Gasteiger charge is -2.23. The molecule has 1 N–H and O–H groups in total. The van der Waals surface area contributed by atoms with Crippen molar-refractivity contribution in [1.29, 1.82) is 0 Å². The fourth-order valence-electron chi connectivity index (χ4n) is 2.93. The molecule has 3 amide bonds. The second kappa shape index (κ2) is 6.92. The Morgan fingerprint density at radius 2 is 2.05 bits per heavy atom. The van der Waals surface area contributed by atoms with Crippen molar-refractivity contribution in [3.63, 3.8) is 0 Å². The Hall–Kier alpha value is -1.30. The minimum absolute atomic E-state index is 0.0572. The van der Waals surface area contributed by atoms with Gasteiger partial charge in [-0.05, 0) is 26.3 Å². The molecule has 2 aliphatic heterocycles. The van der Waals surface area contributed by atoms with Gasteiger partial charge in [0.1, 0.15) is 6.54 Å². The van der Waals surface area contributed by atoms with Crippen LogP contribution in [0.5, 0.6) is 0 Å². The van der Waals surface area contributed by atoms with E-state index >= 15 is 0 Å². The van der Waals surface area contributed by atoms with Gasteiger partial charge in [0.05, 0.1) is 0 Å². The third-order valence-electron chi connectivity index (χ3n) is 4.25. The fraction of sp³-hybridized carbons (Fsp3) is 0.857. The molecule has 0 aromatic carbocycles. The molecule has 0 aromatic rings. The monoisotopic (exact) mass is 282 g/mol. The largest absolute Gasteiger partial charge is 0.341 e. The average molecular weight is 282 g/mol. The number of amides is 3. The lowest BCUT2D eigenvalue weighted by Crippen LogP contribution is -2.48. The summed E-state index contributed by atoms with van der Waals surface area (Å²) in [5.74, 6) is 0.0572. The van der Waals surface area contributed by atoms with Gasteiger partial charge in [-0.2, -0.15) is 0 Å². The van der Waals surface area contributed by atoms with E-state index in [1.165, 1.54) is 0 Å². The van der Waals surface area contributed by atoms with Crippen LogP contribution in [0.25, 0.3) is 0 Å². The molecule has 0 aliphatic carbocycles. The number of urea groups is 1. The fourth-order valence-corrected chi connectivity index (χ4v) is 2.93. The zero-order chi connectivity index (χ0) is 14.5. The van der Waals surface area contributed by atoms with Gasteiger partial charge in [0.15, 0.2) is 0 Å². The van der Waals surface area contributed by atoms with Crippen molar-refractivity contribution >= 4 is 11.9 Å². The Morgan fingerprint density at radius 3 is 2.70 bits per heavy atom. The maximum atomic E-state index is 12.3. The van der Waals surface area contributed by atoms with Crippen molar-refractivity contribution in [2.75, 3.05) is 45.8 Å². The molecule has 1 unspecified atom stereocenters. The third kappa shape index (κ3) is 3.62. The summed E-state index contributed by atoms with van der Waals surface area (Å²) in [5.41, 5.74) is 0. The van der Waals surface area contributed by atoms with Crippen LogP contribution in [0, 0.1) is 0 Å². The zero-order valence-electron chi connectivity index (χ0n) is 12.6. The molecule has 0 spiro atoms. The molecule has 20 heavy (non-hydrogen) atoms. The van der Waals surface area contributed by atoms with E-state index in [0.717, 1.165) is 45.6 Å². The Kier molecular flexibility index (Phi) is 5.23. The summed E-state index contributed by atoms with van der Waals surface area (Å²) in [6, 6.07) is 0.141. The highest BCUT2D eigenvalue weighted by Crippen LogP contribution is 2.10. The van der Waals surface area contributed by atoms with Crippen LogP contribution in [-0.2, 0) is 4.79 Å². The number of rotatable bonds is 3. The molecular weight excluding hydrogens is 256 g/mol. The number of nitrogens with one attached hydrogen (secondary N) is 1. The number of nitrogens with zero attached hydrogens (tertiary/aromatic N) is 3. The average Bonchev–Trinajstić information content (AvgIpc) is 2.80. The van der Waals surface area contributed by atoms with Gasteiger partial charge >= 0.3 is 6.03 Å². The second-order valence-electron chi connectivity index (χ2n) is 5.58. The van der Waals surface area contributed by atoms with Gasteiger partial charge in [0.2, 0.25) is 5.91 Å². The molecular formula is C14H26N4O2. The topological polar surface area (TPSA) is 55.9 Å². The quantitative estimate of drug-likeness (QED) is 0.812. The van der Waals surface area contributed by atoms with Crippen molar-refractivity contribution in [3.05, 3.63) is 0 Å². The molecule has 6 nitrogen and oxygen atoms in total. The van der Waals surface area contributed by atoms with E-state index in [-0.39, 0.29) is 24.5 Å². The van der Waals surface area contributed by atoms with Crippen molar-refractivity contribution in [2.24, 2.45) is 0 Å². The van der Waals surface area contributed by atoms with Crippen LogP contribution >= 0.6 is 0 Å². The Morgan fingerprint density at radius 1 is 1.25 bits per heavy atom. The first kappa shape index (κ1) is 15.1. The first-order valence-electron chi connectivity index (χ1n) is 7.69. The number of carbonyl (C=O) groups excluding carboxylic acids is 2. The highest BCUT2D eigenvalue weighted by atomic mass is 16.2. The Balaban J connectivity index is 1.84. The normalized spacial score (nSPS) is 24.9. The third-order valence-corrected chi connectivity index (χ3v) is 4.25. The van der Waals surface area contributed by atoms with Gasteiger partial charge in [-0.25, -0.2) is 4.79 Å². The molecule has 2 fully saturated rings. The summed E-state index contributed by atoms with van der Waals surface area (Å²) in [6.07, 6.45) is 1.86. The van der Waals surface area contributed by atoms with Crippen LogP contribution in [-0.4, -0.2) is 78.5 Å². The van der Waals surface area contributed by atoms with E-state index in [0.29, 0.717) is 6.54 Å². The van der Waals surface area contributed by atoms with E-state index in [2.05, 4.69) is 17.1 Å². The van der Waals surface area contributed by atoms with Crippen molar-refractivity contribution in [1.82, 2.24) is 20.0 Å². The van der Waals surface area contributed by atoms with Crippen LogP contribution in [0.3, 0.4) is 0 Å². The van der Waals surface area contributed by atoms with Gasteiger partial charge in [0, 0.05) is 38.8 Å². The SMILES string of the molecule is CCN1CCC(NC(=O)N2CCCN(CC)C(=O)C2)C1. The summed E-state index contributed by atoms with van der Waals surface area (Å²) < 4.78 is 0. The van der Waals surface area contributed by atoms with E-state index in [1.54, 1.807) is 4.90 Å². The molecule has 6 heteroatoms. The highest BCUT2D eigenvalue weighted by molar-refractivity contribution is 5.84. The second-order valence-corrected chi connectivity index (χ2v) is 5.58. The van der Waals surface area contributed by atoms with Crippen LogP contribution in [0.15, 0.2) is 0 Å². The number of hydrogen-bond acceptors (Lipinski definition) is 3. The minimum Gasteiger partial charge on any atom is -0.341 e. The first-order chi connectivity index (χ1) is 9.63. The summed E-state index contributed by atoms with van der Waals surface area (Å²) in [7, 11) is 0. The van der Waals surface area contributed by atoms with Crippen molar-refractivity contribution in [3.8, 4) is 0 Å². The molecule has 2 heterocycles. The van der Waals surface area contributed by atoms with Gasteiger partial charge in [-0.3, -0.25) is 4.79 Å². The summed E-state index contributed by atoms with van der Waals surface area (Å²) in [6.45, 7) is 9.47. The lowest BCUT2D eigenvalue weighted by atomic mass is 10.3. The molecule has 114 valence electrons. The van der Waals surface area contributed by atoms with Gasteiger partial charge in [-0.1, -0.05) is 6.92 Å². The lowest BCUT2D eigenvalue weighted by molar-refractivity contribution is -0.130. The molecule has 2 aliphatic rings. The zero-order valence-corrected chi connectivity index (χ0v) is 12.6. The molecule has 0 radical (unpaired) electrons.